The van der Waals surface area contributed by atoms with Crippen molar-refractivity contribution in [2.75, 3.05) is 28.6 Å². The molecule has 3 rings (SSSR count). The molecule has 272 valence electrons. The van der Waals surface area contributed by atoms with Crippen LogP contribution in [0.25, 0.3) is 0 Å². The number of nitrogens with zero attached hydrogens (tertiary/aromatic N) is 1. The third-order valence-corrected chi connectivity index (χ3v) is 8.01. The van der Waals surface area contributed by atoms with Gasteiger partial charge in [0.15, 0.2) is 0 Å². The standard InChI is InChI=1S/C37H50N3O9P/c1-8-29(21-36(42)48-27(7)47-35(41)19-28-11-16-32(17-12-28)49-50(44,45)46)30-13-18-34(40(22-24(2)3)23-25(4)5)33(20-30)39-37(43)38-31-14-9-26(6)10-15-31/h9-18,20,24-25,27,29H,8,19,21-23H2,1-7H3,(H2,38,39,43)(H2,44,45,46)/t27-,29?/m1/s1. The van der Waals surface area contributed by atoms with Crippen LogP contribution in [0.4, 0.5) is 21.9 Å². The lowest BCUT2D eigenvalue weighted by Gasteiger charge is -2.31. The molecule has 50 heavy (non-hydrogen) atoms. The quantitative estimate of drug-likeness (QED) is 0.0617. The minimum Gasteiger partial charge on any atom is -0.425 e. The lowest BCUT2D eigenvalue weighted by atomic mass is 9.92. The van der Waals surface area contributed by atoms with E-state index in [-0.39, 0.29) is 30.5 Å². The van der Waals surface area contributed by atoms with E-state index in [1.165, 1.54) is 31.2 Å². The van der Waals surface area contributed by atoms with Crippen molar-refractivity contribution in [3.05, 3.63) is 83.4 Å². The highest BCUT2D eigenvalue weighted by molar-refractivity contribution is 7.46. The lowest BCUT2D eigenvalue weighted by molar-refractivity contribution is -0.184. The zero-order chi connectivity index (χ0) is 37.0. The summed E-state index contributed by atoms with van der Waals surface area (Å²) in [5.41, 5.74) is 4.63. The van der Waals surface area contributed by atoms with Gasteiger partial charge in [0, 0.05) is 25.7 Å². The van der Waals surface area contributed by atoms with E-state index in [1.807, 2.05) is 56.3 Å². The van der Waals surface area contributed by atoms with Crippen LogP contribution in [0.5, 0.6) is 5.75 Å². The first-order valence-electron chi connectivity index (χ1n) is 16.8. The van der Waals surface area contributed by atoms with Crippen LogP contribution in [0.1, 0.15) is 77.0 Å². The molecule has 3 aromatic rings. The Labute approximate surface area is 294 Å². The average molecular weight is 712 g/mol. The van der Waals surface area contributed by atoms with Gasteiger partial charge < -0.3 is 29.5 Å². The van der Waals surface area contributed by atoms with Crippen LogP contribution in [0.2, 0.25) is 0 Å². The Morgan fingerprint density at radius 2 is 1.42 bits per heavy atom. The highest BCUT2D eigenvalue weighted by atomic mass is 31.2. The summed E-state index contributed by atoms with van der Waals surface area (Å²) < 4.78 is 26.2. The Kier molecular flexibility index (Phi) is 14.9. The smallest absolute Gasteiger partial charge is 0.425 e. The monoisotopic (exact) mass is 711 g/mol. The number of nitrogens with one attached hydrogen (secondary N) is 2. The van der Waals surface area contributed by atoms with Gasteiger partial charge in [0.05, 0.1) is 24.2 Å². The van der Waals surface area contributed by atoms with Gasteiger partial charge in [-0.25, -0.2) is 9.36 Å². The van der Waals surface area contributed by atoms with Gasteiger partial charge in [-0.2, -0.15) is 0 Å². The van der Waals surface area contributed by atoms with Crippen molar-refractivity contribution in [3.8, 4) is 5.75 Å². The predicted molar refractivity (Wildman–Crippen MR) is 194 cm³/mol. The lowest BCUT2D eigenvalue weighted by Crippen LogP contribution is -2.32. The van der Waals surface area contributed by atoms with Gasteiger partial charge in [-0.05, 0) is 78.6 Å². The van der Waals surface area contributed by atoms with E-state index in [1.54, 1.807) is 0 Å². The summed E-state index contributed by atoms with van der Waals surface area (Å²) in [7, 11) is -4.69. The van der Waals surface area contributed by atoms with Crippen molar-refractivity contribution in [2.45, 2.75) is 79.9 Å². The first kappa shape index (κ1) is 40.1. The van der Waals surface area contributed by atoms with Crippen LogP contribution in [0.3, 0.4) is 0 Å². The normalized spacial score (nSPS) is 12.6. The molecule has 0 heterocycles. The molecule has 0 bridgehead atoms. The maximum absolute atomic E-state index is 13.2. The number of amides is 2. The van der Waals surface area contributed by atoms with Crippen LogP contribution in [0.15, 0.2) is 66.7 Å². The minimum absolute atomic E-state index is 0.0233. The molecule has 2 atom stereocenters. The van der Waals surface area contributed by atoms with Crippen LogP contribution in [-0.2, 0) is 30.0 Å². The summed E-state index contributed by atoms with van der Waals surface area (Å²) in [5, 5.41) is 5.96. The maximum Gasteiger partial charge on any atom is 0.524 e. The van der Waals surface area contributed by atoms with Gasteiger partial charge in [-0.15, -0.1) is 0 Å². The molecule has 12 nitrogen and oxygen atoms in total. The molecule has 0 aromatic heterocycles. The van der Waals surface area contributed by atoms with Gasteiger partial charge in [-0.1, -0.05) is 70.5 Å². The van der Waals surface area contributed by atoms with E-state index in [0.29, 0.717) is 35.2 Å². The molecule has 4 N–H and O–H groups in total. The number of phosphoric ester groups is 1. The second kappa shape index (κ2) is 18.6. The second-order valence-electron chi connectivity index (χ2n) is 13.2. The Morgan fingerprint density at radius 3 is 1.98 bits per heavy atom. The third-order valence-electron chi connectivity index (χ3n) is 7.56. The molecule has 3 aromatic carbocycles. The molecule has 0 saturated carbocycles. The third kappa shape index (κ3) is 13.9. The fraction of sp³-hybridized carbons (Fsp3) is 0.432. The first-order valence-corrected chi connectivity index (χ1v) is 18.3. The molecular formula is C37H50N3O9P. The molecule has 0 aliphatic heterocycles. The molecule has 0 radical (unpaired) electrons. The number of esters is 2. The Morgan fingerprint density at radius 1 is 0.820 bits per heavy atom. The highest BCUT2D eigenvalue weighted by Crippen LogP contribution is 2.37. The molecule has 13 heteroatoms. The number of hydrogen-bond acceptors (Lipinski definition) is 8. The van der Waals surface area contributed by atoms with Crippen molar-refractivity contribution >= 4 is 42.9 Å². The van der Waals surface area contributed by atoms with Crippen molar-refractivity contribution in [3.63, 3.8) is 0 Å². The van der Waals surface area contributed by atoms with Crippen molar-refractivity contribution in [1.82, 2.24) is 0 Å². The molecule has 1 unspecified atom stereocenters. The number of rotatable bonds is 17. The SMILES string of the molecule is CCC(CC(=O)O[C@H](C)OC(=O)Cc1ccc(OP(=O)(O)O)cc1)c1ccc(N(CC(C)C)CC(C)C)c(NC(=O)Nc2ccc(C)cc2)c1. The number of carbonyl (C=O) groups excluding carboxylic acids is 3. The zero-order valence-electron chi connectivity index (χ0n) is 29.8. The minimum atomic E-state index is -4.69. The summed E-state index contributed by atoms with van der Waals surface area (Å²) in [6, 6.07) is 18.6. The molecule has 0 fully saturated rings. The van der Waals surface area contributed by atoms with E-state index >= 15 is 0 Å². The van der Waals surface area contributed by atoms with Gasteiger partial charge in [0.2, 0.25) is 6.29 Å². The fourth-order valence-corrected chi connectivity index (χ4v) is 5.81. The molecule has 0 spiro atoms. The molecule has 0 saturated heterocycles. The van der Waals surface area contributed by atoms with Crippen LogP contribution in [-0.4, -0.2) is 47.1 Å². The summed E-state index contributed by atoms with van der Waals surface area (Å²) >= 11 is 0. The van der Waals surface area contributed by atoms with E-state index in [0.717, 1.165) is 29.9 Å². The Balaban J connectivity index is 1.71. The van der Waals surface area contributed by atoms with Crippen molar-refractivity contribution in [1.29, 1.82) is 0 Å². The number of phosphoric acid groups is 1. The van der Waals surface area contributed by atoms with Gasteiger partial charge >= 0.3 is 25.8 Å². The summed E-state index contributed by atoms with van der Waals surface area (Å²) in [6.07, 6.45) is -0.661. The number of urea groups is 1. The molecule has 2 amide bonds. The molecule has 0 aliphatic carbocycles. The first-order chi connectivity index (χ1) is 23.5. The van der Waals surface area contributed by atoms with E-state index < -0.39 is 26.1 Å². The number of aryl methyl sites for hydroxylation is 1. The topological polar surface area (TPSA) is 164 Å². The molecule has 0 aliphatic rings. The summed E-state index contributed by atoms with van der Waals surface area (Å²) in [5.74, 6) is -0.718. The maximum atomic E-state index is 13.2. The van der Waals surface area contributed by atoms with Crippen LogP contribution in [0, 0.1) is 18.8 Å². The largest absolute Gasteiger partial charge is 0.524 e. The highest BCUT2D eigenvalue weighted by Gasteiger charge is 2.23. The van der Waals surface area contributed by atoms with Gasteiger partial charge in [0.1, 0.15) is 5.75 Å². The van der Waals surface area contributed by atoms with Crippen LogP contribution >= 0.6 is 7.82 Å². The van der Waals surface area contributed by atoms with E-state index in [2.05, 4.69) is 47.8 Å². The van der Waals surface area contributed by atoms with Gasteiger partial charge in [0.25, 0.3) is 0 Å². The summed E-state index contributed by atoms with van der Waals surface area (Å²) in [6.45, 7) is 15.6. The zero-order valence-corrected chi connectivity index (χ0v) is 30.7. The van der Waals surface area contributed by atoms with Crippen LogP contribution < -0.4 is 20.1 Å². The second-order valence-corrected chi connectivity index (χ2v) is 14.3. The number of ether oxygens (including phenoxy) is 2. The summed E-state index contributed by atoms with van der Waals surface area (Å²) in [4.78, 5) is 58.8. The Hall–Kier alpha value is -4.38. The number of hydrogen-bond donors (Lipinski definition) is 4. The van der Waals surface area contributed by atoms with E-state index in [9.17, 15) is 18.9 Å². The average Bonchev–Trinajstić information content (AvgIpc) is 3.00. The van der Waals surface area contributed by atoms with Crippen molar-refractivity contribution in [2.24, 2.45) is 11.8 Å². The predicted octanol–water partition coefficient (Wildman–Crippen LogP) is 7.79. The number of benzene rings is 3. The number of carbonyl (C=O) groups is 3. The Bertz CT molecular complexity index is 1610. The fourth-order valence-electron chi connectivity index (χ4n) is 5.41. The van der Waals surface area contributed by atoms with Gasteiger partial charge in [-0.3, -0.25) is 19.4 Å². The molecular weight excluding hydrogens is 661 g/mol. The number of anilines is 3. The van der Waals surface area contributed by atoms with Crippen molar-refractivity contribution < 1.29 is 42.7 Å². The van der Waals surface area contributed by atoms with E-state index in [4.69, 9.17) is 19.3 Å².